The molecular weight excluding hydrogens is 315 g/mol. The van der Waals surface area contributed by atoms with Crippen molar-refractivity contribution in [2.24, 2.45) is 14.1 Å². The summed E-state index contributed by atoms with van der Waals surface area (Å²) in [6.07, 6.45) is 2.98. The second-order valence-electron chi connectivity index (χ2n) is 6.98. The van der Waals surface area contributed by atoms with Gasteiger partial charge in [0.15, 0.2) is 0 Å². The van der Waals surface area contributed by atoms with Gasteiger partial charge < -0.3 is 0 Å². The first-order chi connectivity index (χ1) is 12.7. The fraction of sp³-hybridized carbons (Fsp3) is 0.0870. The fourth-order valence-corrected chi connectivity index (χ4v) is 4.46. The van der Waals surface area contributed by atoms with E-state index in [1.807, 2.05) is 0 Å². The zero-order chi connectivity index (χ0) is 18.0. The largest absolute Gasteiger partial charge is 0.272 e. The van der Waals surface area contributed by atoms with Gasteiger partial charge in [0, 0.05) is 0 Å². The van der Waals surface area contributed by atoms with Crippen molar-refractivity contribution in [1.82, 2.24) is 4.57 Å². The number of aromatic nitrogens is 2. The van der Waals surface area contributed by atoms with Crippen molar-refractivity contribution in [3.63, 3.8) is 0 Å². The van der Waals surface area contributed by atoms with Crippen LogP contribution in [0.3, 0.4) is 0 Å². The molecule has 0 aliphatic carbocycles. The van der Waals surface area contributed by atoms with E-state index < -0.39 is 6.15 Å². The third-order valence-corrected chi connectivity index (χ3v) is 5.52. The normalized spacial score (nSPS) is 11.5. The second-order valence-corrected chi connectivity index (χ2v) is 6.98. The molecule has 0 atom stereocenters. The molecule has 1 aromatic heterocycles. The van der Waals surface area contributed by atoms with Gasteiger partial charge in [-0.1, -0.05) is 91.0 Å². The first-order valence-electron chi connectivity index (χ1n) is 9.08. The zero-order valence-electron chi connectivity index (χ0n) is 15.3. The van der Waals surface area contributed by atoms with Gasteiger partial charge in [0.05, 0.1) is 19.8 Å². The van der Waals surface area contributed by atoms with Gasteiger partial charge in [-0.15, -0.1) is 0 Å². The highest BCUT2D eigenvalue weighted by Crippen LogP contribution is 2.07. The van der Waals surface area contributed by atoms with Crippen LogP contribution in [-0.2, 0) is 14.1 Å². The van der Waals surface area contributed by atoms with Gasteiger partial charge in [0.25, 0.3) is 0 Å². The third-order valence-electron chi connectivity index (χ3n) is 5.52. The van der Waals surface area contributed by atoms with Crippen molar-refractivity contribution >= 4 is 28.3 Å². The molecule has 0 aliphatic heterocycles. The van der Waals surface area contributed by atoms with Crippen molar-refractivity contribution in [2.45, 2.75) is 0 Å². The van der Waals surface area contributed by atoms with Crippen LogP contribution in [-0.4, -0.2) is 10.7 Å². The van der Waals surface area contributed by atoms with Crippen molar-refractivity contribution in [3.8, 4) is 0 Å². The summed E-state index contributed by atoms with van der Waals surface area (Å²) in [5.41, 5.74) is 5.25. The lowest BCUT2D eigenvalue weighted by atomic mass is 9.15. The Hall–Kier alpha value is -3.07. The average molecular weight is 338 g/mol. The number of aryl methyl sites for hydroxylation is 2. The Morgan fingerprint density at radius 1 is 0.654 bits per heavy atom. The Labute approximate surface area is 155 Å². The van der Waals surface area contributed by atoms with Gasteiger partial charge in [0.2, 0.25) is 6.15 Å². The molecule has 0 unspecified atom stereocenters. The van der Waals surface area contributed by atoms with Gasteiger partial charge in [0.1, 0.15) is 12.4 Å². The van der Waals surface area contributed by atoms with Crippen LogP contribution >= 0.6 is 0 Å². The SMILES string of the molecule is Cn1cc[n+](C)c1[B-](c1ccccc1)(c1ccccc1)c1ccccc1. The Balaban J connectivity index is 2.19. The molecule has 0 radical (unpaired) electrons. The Kier molecular flexibility index (Phi) is 4.22. The molecule has 2 nitrogen and oxygen atoms in total. The first kappa shape index (κ1) is 16.4. The molecule has 128 valence electrons. The lowest BCUT2D eigenvalue weighted by Gasteiger charge is -2.40. The Morgan fingerprint density at radius 3 is 1.35 bits per heavy atom. The van der Waals surface area contributed by atoms with Gasteiger partial charge in [-0.05, 0) is 0 Å². The van der Waals surface area contributed by atoms with Crippen LogP contribution in [0.2, 0.25) is 0 Å². The maximum atomic E-state index is 2.26. The predicted octanol–water partition coefficient (Wildman–Crippen LogP) is 1.23. The molecule has 3 aromatic carbocycles. The van der Waals surface area contributed by atoms with E-state index >= 15 is 0 Å². The van der Waals surface area contributed by atoms with Crippen molar-refractivity contribution in [2.75, 3.05) is 0 Å². The summed E-state index contributed by atoms with van der Waals surface area (Å²) in [5.74, 6) is 0. The maximum absolute atomic E-state index is 2.26. The van der Waals surface area contributed by atoms with E-state index in [1.165, 1.54) is 22.1 Å². The summed E-state index contributed by atoms with van der Waals surface area (Å²) in [6, 6.07) is 32.6. The minimum absolute atomic E-state index is 1.29. The molecule has 0 bridgehead atoms. The van der Waals surface area contributed by atoms with Crippen LogP contribution in [0.25, 0.3) is 0 Å². The molecule has 4 aromatic rings. The molecule has 0 N–H and O–H groups in total. The molecule has 0 spiro atoms. The van der Waals surface area contributed by atoms with Crippen LogP contribution in [0, 0.1) is 0 Å². The highest BCUT2D eigenvalue weighted by Gasteiger charge is 2.40. The quantitative estimate of drug-likeness (QED) is 0.391. The number of imidazole rings is 1. The number of hydrogen-bond acceptors (Lipinski definition) is 0. The standard InChI is InChI=1S/C23H23BN2/c1-25-18-19-26(2)23(25)24(20-12-6-3-7-13-20,21-14-8-4-9-15-21)22-16-10-5-11-17-22/h3-19H,1-2H3. The van der Waals surface area contributed by atoms with E-state index in [1.54, 1.807) is 0 Å². The van der Waals surface area contributed by atoms with E-state index in [9.17, 15) is 0 Å². The highest BCUT2D eigenvalue weighted by molar-refractivity contribution is 7.18. The van der Waals surface area contributed by atoms with Crippen molar-refractivity contribution in [3.05, 3.63) is 103 Å². The lowest BCUT2D eigenvalue weighted by molar-refractivity contribution is -0.653. The minimum atomic E-state index is -1.30. The van der Waals surface area contributed by atoms with E-state index in [2.05, 4.69) is 127 Å². The first-order valence-corrected chi connectivity index (χ1v) is 9.08. The molecule has 0 saturated heterocycles. The van der Waals surface area contributed by atoms with Crippen LogP contribution in [0.15, 0.2) is 103 Å². The Bertz CT molecular complexity index is 876. The van der Waals surface area contributed by atoms with Crippen LogP contribution in [0.1, 0.15) is 0 Å². The van der Waals surface area contributed by atoms with Crippen molar-refractivity contribution in [1.29, 1.82) is 0 Å². The van der Waals surface area contributed by atoms with Crippen LogP contribution < -0.4 is 26.7 Å². The lowest BCUT2D eigenvalue weighted by Crippen LogP contribution is -2.81. The average Bonchev–Trinajstić information content (AvgIpc) is 3.04. The van der Waals surface area contributed by atoms with Gasteiger partial charge in [-0.3, -0.25) is 9.13 Å². The minimum Gasteiger partial charge on any atom is -0.272 e. The summed E-state index contributed by atoms with van der Waals surface area (Å²) in [7, 11) is 4.28. The zero-order valence-corrected chi connectivity index (χ0v) is 15.3. The number of rotatable bonds is 4. The topological polar surface area (TPSA) is 8.81 Å². The number of benzene rings is 3. The third kappa shape index (κ3) is 2.48. The van der Waals surface area contributed by atoms with Gasteiger partial charge in [-0.2, -0.15) is 16.4 Å². The maximum Gasteiger partial charge on any atom is 0.201 e. The summed E-state index contributed by atoms with van der Waals surface area (Å²) >= 11 is 0. The van der Waals surface area contributed by atoms with E-state index in [-0.39, 0.29) is 0 Å². The summed E-state index contributed by atoms with van der Waals surface area (Å²) in [4.78, 5) is 0. The van der Waals surface area contributed by atoms with E-state index in [4.69, 9.17) is 0 Å². The number of hydrogen-bond donors (Lipinski definition) is 0. The highest BCUT2D eigenvalue weighted by atomic mass is 15.1. The molecule has 0 amide bonds. The van der Waals surface area contributed by atoms with E-state index in [0.29, 0.717) is 0 Å². The molecule has 0 saturated carbocycles. The van der Waals surface area contributed by atoms with Crippen LogP contribution in [0.4, 0.5) is 0 Å². The molecule has 0 fully saturated rings. The van der Waals surface area contributed by atoms with Gasteiger partial charge in [-0.25, -0.2) is 0 Å². The Morgan fingerprint density at radius 2 is 1.04 bits per heavy atom. The molecule has 26 heavy (non-hydrogen) atoms. The summed E-state index contributed by atoms with van der Waals surface area (Å²) in [5, 5.41) is 0. The van der Waals surface area contributed by atoms with Gasteiger partial charge >= 0.3 is 0 Å². The molecular formula is C23H23BN2. The monoisotopic (exact) mass is 338 g/mol. The number of nitrogens with zero attached hydrogens (tertiary/aromatic N) is 2. The van der Waals surface area contributed by atoms with Crippen LogP contribution in [0.5, 0.6) is 0 Å². The summed E-state index contributed by atoms with van der Waals surface area (Å²) < 4.78 is 4.51. The summed E-state index contributed by atoms with van der Waals surface area (Å²) in [6.45, 7) is 0. The van der Waals surface area contributed by atoms with E-state index in [0.717, 1.165) is 0 Å². The second kappa shape index (κ2) is 6.68. The fourth-order valence-electron chi connectivity index (χ4n) is 4.46. The van der Waals surface area contributed by atoms with Crippen molar-refractivity contribution < 1.29 is 4.57 Å². The molecule has 3 heteroatoms. The molecule has 4 rings (SSSR count). The molecule has 1 heterocycles. The molecule has 0 aliphatic rings. The smallest absolute Gasteiger partial charge is 0.201 e. The predicted molar refractivity (Wildman–Crippen MR) is 110 cm³/mol.